The zero-order valence-corrected chi connectivity index (χ0v) is 12.3. The lowest BCUT2D eigenvalue weighted by molar-refractivity contribution is 0.0917. The average Bonchev–Trinajstić information content (AvgIpc) is 2.73. The highest BCUT2D eigenvalue weighted by atomic mass is 127. The minimum atomic E-state index is -0.682. The lowest BCUT2D eigenvalue weighted by Crippen LogP contribution is -2.49. The van der Waals surface area contributed by atoms with Gasteiger partial charge < -0.3 is 5.32 Å². The van der Waals surface area contributed by atoms with Gasteiger partial charge in [0, 0.05) is 15.3 Å². The Hall–Kier alpha value is -1.96. The molecule has 5 nitrogen and oxygen atoms in total. The van der Waals surface area contributed by atoms with E-state index in [1.54, 1.807) is 18.3 Å². The zero-order valence-electron chi connectivity index (χ0n) is 10.1. The minimum Gasteiger partial charge on any atom is -0.342 e. The largest absolute Gasteiger partial charge is 0.342 e. The van der Waals surface area contributed by atoms with Crippen LogP contribution in [0.25, 0.3) is 0 Å². The molecule has 2 aromatic rings. The van der Waals surface area contributed by atoms with Crippen LogP contribution in [-0.4, -0.2) is 22.8 Å². The van der Waals surface area contributed by atoms with Crippen molar-refractivity contribution in [2.45, 2.75) is 6.17 Å². The van der Waals surface area contributed by atoms with Crippen LogP contribution in [0, 0.1) is 3.57 Å². The van der Waals surface area contributed by atoms with E-state index in [0.717, 1.165) is 3.57 Å². The maximum Gasteiger partial charge on any atom is 0.264 e. The first-order chi connectivity index (χ1) is 9.66. The van der Waals surface area contributed by atoms with Crippen LogP contribution in [0.5, 0.6) is 0 Å². The van der Waals surface area contributed by atoms with Gasteiger partial charge >= 0.3 is 0 Å². The summed E-state index contributed by atoms with van der Waals surface area (Å²) in [6.45, 7) is 0. The van der Waals surface area contributed by atoms with Gasteiger partial charge in [0.05, 0.1) is 11.3 Å². The maximum atomic E-state index is 12.6. The van der Waals surface area contributed by atoms with Gasteiger partial charge in [0.15, 0.2) is 6.17 Å². The molecule has 98 valence electrons. The normalized spacial score (nSPS) is 19.2. The highest BCUT2D eigenvalue weighted by molar-refractivity contribution is 14.1. The van der Waals surface area contributed by atoms with Crippen LogP contribution >= 0.6 is 22.6 Å². The summed E-state index contributed by atoms with van der Waals surface area (Å²) in [4.78, 5) is 30.7. The molecule has 1 N–H and O–H groups in total. The number of carbonyl (C=O) groups is 2. The van der Waals surface area contributed by atoms with Crippen molar-refractivity contribution in [3.05, 3.63) is 51.2 Å². The first-order valence-corrected chi connectivity index (χ1v) is 7.13. The fourth-order valence-corrected chi connectivity index (χ4v) is 3.12. The molecule has 0 saturated carbocycles. The van der Waals surface area contributed by atoms with Crippen molar-refractivity contribution in [3.8, 4) is 0 Å². The predicted molar refractivity (Wildman–Crippen MR) is 81.9 cm³/mol. The number of halogens is 1. The molecular formula is C14H8IN3O2. The highest BCUT2D eigenvalue weighted by Crippen LogP contribution is 2.38. The lowest BCUT2D eigenvalue weighted by atomic mass is 10.1. The molecule has 0 radical (unpaired) electrons. The van der Waals surface area contributed by atoms with Crippen LogP contribution in [0.4, 0.5) is 11.5 Å². The van der Waals surface area contributed by atoms with Crippen LogP contribution in [-0.2, 0) is 0 Å². The first kappa shape index (κ1) is 11.8. The topological polar surface area (TPSA) is 62.3 Å². The van der Waals surface area contributed by atoms with Gasteiger partial charge in [-0.1, -0.05) is 0 Å². The first-order valence-electron chi connectivity index (χ1n) is 6.06. The van der Waals surface area contributed by atoms with E-state index in [9.17, 15) is 9.59 Å². The van der Waals surface area contributed by atoms with Crippen LogP contribution in [0.15, 0.2) is 36.5 Å². The number of pyridine rings is 1. The smallest absolute Gasteiger partial charge is 0.264 e. The number of fused-ring (bicyclic) bond motifs is 4. The van der Waals surface area contributed by atoms with Crippen molar-refractivity contribution < 1.29 is 9.59 Å². The molecule has 0 saturated heterocycles. The van der Waals surface area contributed by atoms with E-state index in [4.69, 9.17) is 0 Å². The third-order valence-electron chi connectivity index (χ3n) is 3.52. The van der Waals surface area contributed by atoms with Gasteiger partial charge in [-0.05, 0) is 52.9 Å². The van der Waals surface area contributed by atoms with E-state index in [-0.39, 0.29) is 11.7 Å². The number of aromatic nitrogens is 1. The van der Waals surface area contributed by atoms with E-state index in [0.29, 0.717) is 22.6 Å². The van der Waals surface area contributed by atoms with Crippen molar-refractivity contribution in [2.75, 3.05) is 10.2 Å². The Kier molecular flexibility index (Phi) is 2.38. The van der Waals surface area contributed by atoms with Gasteiger partial charge in [-0.15, -0.1) is 0 Å². The summed E-state index contributed by atoms with van der Waals surface area (Å²) >= 11 is 2.15. The Morgan fingerprint density at radius 2 is 2.05 bits per heavy atom. The Morgan fingerprint density at radius 3 is 2.90 bits per heavy atom. The van der Waals surface area contributed by atoms with Crippen molar-refractivity contribution >= 4 is 45.8 Å². The molecule has 20 heavy (non-hydrogen) atoms. The number of hydrogen-bond acceptors (Lipinski definition) is 4. The summed E-state index contributed by atoms with van der Waals surface area (Å²) < 4.78 is 0.970. The van der Waals surface area contributed by atoms with E-state index in [1.807, 2.05) is 18.2 Å². The number of nitrogens with one attached hydrogen (secondary N) is 1. The second kappa shape index (κ2) is 4.02. The monoisotopic (exact) mass is 377 g/mol. The molecule has 4 rings (SSSR count). The molecule has 1 aromatic carbocycles. The Bertz CT molecular complexity index is 775. The molecule has 2 aliphatic rings. The van der Waals surface area contributed by atoms with E-state index in [2.05, 4.69) is 32.9 Å². The molecule has 1 atom stereocenters. The number of nitrogens with zero attached hydrogens (tertiary/aromatic N) is 2. The third kappa shape index (κ3) is 1.45. The Morgan fingerprint density at radius 1 is 1.20 bits per heavy atom. The van der Waals surface area contributed by atoms with Crippen molar-refractivity contribution in [3.63, 3.8) is 0 Å². The number of amides is 1. The highest BCUT2D eigenvalue weighted by Gasteiger charge is 2.45. The van der Waals surface area contributed by atoms with Crippen LogP contribution < -0.4 is 10.2 Å². The molecule has 6 heteroatoms. The van der Waals surface area contributed by atoms with Gasteiger partial charge in [0.25, 0.3) is 5.91 Å². The molecule has 2 aliphatic heterocycles. The number of hydrogen-bond donors (Lipinski definition) is 1. The van der Waals surface area contributed by atoms with Gasteiger partial charge in [0.1, 0.15) is 5.82 Å². The lowest BCUT2D eigenvalue weighted by Gasteiger charge is -2.30. The van der Waals surface area contributed by atoms with Crippen molar-refractivity contribution in [2.24, 2.45) is 0 Å². The standard InChI is InChI=1S/C14H8IN3O2/c15-7-3-4-10-9(6-7)11(19)13-17-12-8(2-1-5-16-12)14(20)18(10)13/h1-6,13H,(H,16,17). The summed E-state index contributed by atoms with van der Waals surface area (Å²) in [6, 6.07) is 8.94. The fraction of sp³-hybridized carbons (Fsp3) is 0.0714. The number of carbonyl (C=O) groups excluding carboxylic acids is 2. The van der Waals surface area contributed by atoms with E-state index in [1.165, 1.54) is 4.90 Å². The number of rotatable bonds is 0. The Labute approximate surface area is 128 Å². The maximum absolute atomic E-state index is 12.6. The molecule has 0 fully saturated rings. The minimum absolute atomic E-state index is 0.0943. The molecule has 1 amide bonds. The summed E-state index contributed by atoms with van der Waals surface area (Å²) in [5, 5.41) is 3.05. The average molecular weight is 377 g/mol. The number of anilines is 2. The van der Waals surface area contributed by atoms with Gasteiger partial charge in [-0.2, -0.15) is 0 Å². The SMILES string of the molecule is O=C1c2cc(I)ccc2N2C(=O)c3cccnc3NC12. The molecule has 0 aliphatic carbocycles. The van der Waals surface area contributed by atoms with Crippen LogP contribution in [0.2, 0.25) is 0 Å². The summed E-state index contributed by atoms with van der Waals surface area (Å²) in [6.07, 6.45) is 0.919. The molecule has 1 unspecified atom stereocenters. The summed E-state index contributed by atoms with van der Waals surface area (Å²) in [5.74, 6) is 0.183. The molecule has 0 spiro atoms. The number of benzene rings is 1. The summed E-state index contributed by atoms with van der Waals surface area (Å²) in [7, 11) is 0. The fourth-order valence-electron chi connectivity index (χ4n) is 2.63. The number of ketones is 1. The third-order valence-corrected chi connectivity index (χ3v) is 4.19. The zero-order chi connectivity index (χ0) is 13.9. The Balaban J connectivity index is 1.92. The molecular weight excluding hydrogens is 369 g/mol. The quantitative estimate of drug-likeness (QED) is 0.716. The molecule has 1 aromatic heterocycles. The van der Waals surface area contributed by atoms with Crippen molar-refractivity contribution in [1.29, 1.82) is 0 Å². The van der Waals surface area contributed by atoms with Crippen molar-refractivity contribution in [1.82, 2.24) is 4.98 Å². The molecule has 3 heterocycles. The van der Waals surface area contributed by atoms with Gasteiger partial charge in [-0.25, -0.2) is 4.98 Å². The van der Waals surface area contributed by atoms with E-state index >= 15 is 0 Å². The van der Waals surface area contributed by atoms with Gasteiger partial charge in [-0.3, -0.25) is 14.5 Å². The van der Waals surface area contributed by atoms with Crippen LogP contribution in [0.3, 0.4) is 0 Å². The number of Topliss-reactive ketones (excluding diaryl/α,β-unsaturated/α-hetero) is 1. The second-order valence-corrected chi connectivity index (χ2v) is 5.89. The molecule has 0 bridgehead atoms. The van der Waals surface area contributed by atoms with Crippen LogP contribution in [0.1, 0.15) is 20.7 Å². The van der Waals surface area contributed by atoms with Gasteiger partial charge in [0.2, 0.25) is 5.78 Å². The summed E-state index contributed by atoms with van der Waals surface area (Å²) in [5.41, 5.74) is 1.73. The predicted octanol–water partition coefficient (Wildman–Crippen LogP) is 2.28. The second-order valence-electron chi connectivity index (χ2n) is 4.65. The van der Waals surface area contributed by atoms with E-state index < -0.39 is 6.17 Å².